The van der Waals surface area contributed by atoms with Crippen molar-refractivity contribution in [2.24, 2.45) is 0 Å². The Balaban J connectivity index is 4.58. The van der Waals surface area contributed by atoms with Crippen LogP contribution in [0.4, 0.5) is 0 Å². The fraction of sp³-hybridized carbons (Fsp3) is 1.00. The maximum atomic E-state index is 12.8. The first-order valence-electron chi connectivity index (χ1n) is 7.90. The molecule has 0 aliphatic carbocycles. The zero-order valence-electron chi connectivity index (χ0n) is 15.2. The summed E-state index contributed by atoms with van der Waals surface area (Å²) in [7, 11) is 1.97. The van der Waals surface area contributed by atoms with Gasteiger partial charge in [0.25, 0.3) is 7.59 Å². The summed E-state index contributed by atoms with van der Waals surface area (Å²) in [6, 6.07) is 0.719. The van der Waals surface area contributed by atoms with Gasteiger partial charge in [-0.1, -0.05) is 0 Å². The lowest BCUT2D eigenvalue weighted by Gasteiger charge is -2.32. The number of nitrogens with zero attached hydrogens (tertiary/aromatic N) is 2. The van der Waals surface area contributed by atoms with Crippen molar-refractivity contribution in [2.45, 2.75) is 33.2 Å². The van der Waals surface area contributed by atoms with Crippen LogP contribution in [0.15, 0.2) is 0 Å². The largest absolute Gasteiger partial charge is 0.500 e. The minimum absolute atomic E-state index is 0.577. The molecule has 0 rings (SSSR count). The van der Waals surface area contributed by atoms with Crippen LogP contribution < -0.4 is 5.09 Å². The SMILES string of the molecule is CCO[Si](CCCNP(=O)(N(C)C)N(C)C)(OCC)OCC. The van der Waals surface area contributed by atoms with Crippen LogP contribution in [0.2, 0.25) is 6.04 Å². The van der Waals surface area contributed by atoms with Gasteiger partial charge in [0.05, 0.1) is 0 Å². The first-order chi connectivity index (χ1) is 10.3. The van der Waals surface area contributed by atoms with E-state index in [1.807, 2.05) is 49.0 Å². The predicted octanol–water partition coefficient (Wildman–Crippen LogP) is 2.25. The fourth-order valence-electron chi connectivity index (χ4n) is 2.17. The monoisotopic (exact) mass is 355 g/mol. The molecular weight excluding hydrogens is 321 g/mol. The van der Waals surface area contributed by atoms with Crippen LogP contribution in [-0.4, -0.2) is 72.7 Å². The molecule has 0 fully saturated rings. The van der Waals surface area contributed by atoms with Gasteiger partial charge in [0.15, 0.2) is 0 Å². The van der Waals surface area contributed by atoms with Crippen molar-refractivity contribution in [1.82, 2.24) is 14.4 Å². The highest BCUT2D eigenvalue weighted by molar-refractivity contribution is 7.56. The van der Waals surface area contributed by atoms with Gasteiger partial charge in [0, 0.05) is 32.4 Å². The number of nitrogens with one attached hydrogen (secondary N) is 1. The van der Waals surface area contributed by atoms with Crippen LogP contribution in [0, 0.1) is 0 Å². The summed E-state index contributed by atoms with van der Waals surface area (Å²) in [5, 5.41) is 3.16. The van der Waals surface area contributed by atoms with Crippen LogP contribution >= 0.6 is 7.59 Å². The molecule has 0 aliphatic heterocycles. The Morgan fingerprint density at radius 2 is 1.32 bits per heavy atom. The molecule has 0 aromatic heterocycles. The van der Waals surface area contributed by atoms with Crippen molar-refractivity contribution in [2.75, 3.05) is 54.6 Å². The summed E-state index contributed by atoms with van der Waals surface area (Å²) < 4.78 is 33.7. The van der Waals surface area contributed by atoms with E-state index in [4.69, 9.17) is 13.3 Å². The van der Waals surface area contributed by atoms with Crippen LogP contribution in [0.3, 0.4) is 0 Å². The highest BCUT2D eigenvalue weighted by Crippen LogP contribution is 2.44. The Morgan fingerprint density at radius 3 is 1.64 bits per heavy atom. The molecule has 0 spiro atoms. The quantitative estimate of drug-likeness (QED) is 0.309. The van der Waals surface area contributed by atoms with Gasteiger partial charge >= 0.3 is 8.80 Å². The van der Waals surface area contributed by atoms with E-state index >= 15 is 0 Å². The summed E-state index contributed by atoms with van der Waals surface area (Å²) >= 11 is 0. The van der Waals surface area contributed by atoms with Crippen molar-refractivity contribution in [3.8, 4) is 0 Å². The van der Waals surface area contributed by atoms with Gasteiger partial charge in [-0.2, -0.15) is 0 Å². The highest BCUT2D eigenvalue weighted by atomic mass is 31.2. The van der Waals surface area contributed by atoms with Crippen LogP contribution in [0.1, 0.15) is 27.2 Å². The molecular formula is C13H34N3O4PSi. The fourth-order valence-corrected chi connectivity index (χ4v) is 6.51. The summed E-state index contributed by atoms with van der Waals surface area (Å²) in [5.41, 5.74) is 0. The van der Waals surface area contributed by atoms with E-state index in [0.29, 0.717) is 26.4 Å². The Morgan fingerprint density at radius 1 is 0.909 bits per heavy atom. The van der Waals surface area contributed by atoms with Gasteiger partial charge in [0.1, 0.15) is 0 Å². The lowest BCUT2D eigenvalue weighted by atomic mass is 10.5. The first-order valence-corrected chi connectivity index (χ1v) is 11.4. The second kappa shape index (κ2) is 10.9. The smallest absolute Gasteiger partial charge is 0.374 e. The second-order valence-corrected chi connectivity index (χ2v) is 11.0. The highest BCUT2D eigenvalue weighted by Gasteiger charge is 2.40. The third kappa shape index (κ3) is 6.76. The molecule has 1 N–H and O–H groups in total. The molecule has 134 valence electrons. The molecule has 0 unspecified atom stereocenters. The van der Waals surface area contributed by atoms with Gasteiger partial charge < -0.3 is 13.3 Å². The van der Waals surface area contributed by atoms with Crippen LogP contribution in [-0.2, 0) is 17.8 Å². The van der Waals surface area contributed by atoms with E-state index < -0.39 is 16.4 Å². The minimum Gasteiger partial charge on any atom is -0.374 e. The lowest BCUT2D eigenvalue weighted by Crippen LogP contribution is -2.46. The molecule has 0 saturated heterocycles. The Bertz CT molecular complexity index is 316. The van der Waals surface area contributed by atoms with Crippen molar-refractivity contribution in [3.63, 3.8) is 0 Å². The van der Waals surface area contributed by atoms with Crippen LogP contribution in [0.25, 0.3) is 0 Å². The van der Waals surface area contributed by atoms with Gasteiger partial charge in [0.2, 0.25) is 0 Å². The van der Waals surface area contributed by atoms with Crippen LogP contribution in [0.5, 0.6) is 0 Å². The maximum absolute atomic E-state index is 12.8. The first kappa shape index (κ1) is 22.2. The van der Waals surface area contributed by atoms with Gasteiger partial charge in [-0.05, 0) is 55.4 Å². The molecule has 0 atom stereocenters. The van der Waals surface area contributed by atoms with Gasteiger partial charge in [-0.3, -0.25) is 4.57 Å². The van der Waals surface area contributed by atoms with Crippen molar-refractivity contribution >= 4 is 16.4 Å². The molecule has 0 amide bonds. The summed E-state index contributed by atoms with van der Waals surface area (Å²) in [6.07, 6.45) is 0.790. The average molecular weight is 355 g/mol. The van der Waals surface area contributed by atoms with E-state index in [9.17, 15) is 4.57 Å². The zero-order chi connectivity index (χ0) is 17.2. The lowest BCUT2D eigenvalue weighted by molar-refractivity contribution is 0.0709. The molecule has 7 nitrogen and oxygen atoms in total. The molecule has 0 heterocycles. The maximum Gasteiger partial charge on any atom is 0.500 e. The molecule has 0 aromatic carbocycles. The Kier molecular flexibility index (Phi) is 11.0. The standard InChI is InChI=1S/C13H34N3O4PSi/c1-8-18-22(19-9-2,20-10-3)13-11-12-14-21(17,15(4)5)16(6)7/h8-13H2,1-7H3,(H,14,17). The second-order valence-electron chi connectivity index (χ2n) is 5.23. The van der Waals surface area contributed by atoms with E-state index in [1.165, 1.54) is 0 Å². The summed E-state index contributed by atoms with van der Waals surface area (Å²) in [5.74, 6) is 0. The van der Waals surface area contributed by atoms with Gasteiger partial charge in [-0.25, -0.2) is 14.4 Å². The van der Waals surface area contributed by atoms with E-state index in [-0.39, 0.29) is 0 Å². The van der Waals surface area contributed by atoms with Crippen molar-refractivity contribution < 1.29 is 17.8 Å². The molecule has 22 heavy (non-hydrogen) atoms. The summed E-state index contributed by atoms with van der Waals surface area (Å²) in [6.45, 7) is 8.20. The molecule has 0 bridgehead atoms. The van der Waals surface area contributed by atoms with Gasteiger partial charge in [-0.15, -0.1) is 0 Å². The number of hydrogen-bond donors (Lipinski definition) is 1. The minimum atomic E-state index is -2.68. The number of hydrogen-bond acceptors (Lipinski definition) is 4. The number of rotatable bonds is 13. The third-order valence-electron chi connectivity index (χ3n) is 3.15. The molecule has 0 aliphatic rings. The molecule has 0 radical (unpaired) electrons. The molecule has 9 heteroatoms. The molecule has 0 saturated carbocycles. The topological polar surface area (TPSA) is 63.3 Å². The third-order valence-corrected chi connectivity index (χ3v) is 9.11. The van der Waals surface area contributed by atoms with E-state index in [0.717, 1.165) is 12.5 Å². The normalized spacial score (nSPS) is 13.3. The Hall–Kier alpha value is 0.207. The van der Waals surface area contributed by atoms with Crippen molar-refractivity contribution in [3.05, 3.63) is 0 Å². The summed E-state index contributed by atoms with van der Waals surface area (Å²) in [4.78, 5) is 0. The average Bonchev–Trinajstić information content (AvgIpc) is 2.43. The van der Waals surface area contributed by atoms with Crippen molar-refractivity contribution in [1.29, 1.82) is 0 Å². The van der Waals surface area contributed by atoms with E-state index in [1.54, 1.807) is 9.34 Å². The predicted molar refractivity (Wildman–Crippen MR) is 93.0 cm³/mol. The zero-order valence-corrected chi connectivity index (χ0v) is 17.1. The Labute approximate surface area is 137 Å². The van der Waals surface area contributed by atoms with E-state index in [2.05, 4.69) is 5.09 Å². The molecule has 0 aromatic rings.